The number of hydrogen-bond donors (Lipinski definition) is 1. The third kappa shape index (κ3) is 4.29. The van der Waals surface area contributed by atoms with Crippen LogP contribution in [0.5, 0.6) is 0 Å². The second-order valence-electron chi connectivity index (χ2n) is 7.91. The molecule has 2 saturated carbocycles. The quantitative estimate of drug-likeness (QED) is 0.846. The van der Waals surface area contributed by atoms with E-state index in [0.717, 1.165) is 31.4 Å². The number of carbonyl (C=O) groups is 2. The van der Waals surface area contributed by atoms with E-state index in [1.54, 1.807) is 18.6 Å². The van der Waals surface area contributed by atoms with Crippen molar-refractivity contribution >= 4 is 11.8 Å². The van der Waals surface area contributed by atoms with Crippen LogP contribution in [-0.4, -0.2) is 58.0 Å². The van der Waals surface area contributed by atoms with Gasteiger partial charge in [-0.2, -0.15) is 0 Å². The van der Waals surface area contributed by atoms with Crippen LogP contribution in [0.15, 0.2) is 18.6 Å². The van der Waals surface area contributed by atoms with Gasteiger partial charge in [0.05, 0.1) is 24.4 Å². The van der Waals surface area contributed by atoms with Crippen molar-refractivity contribution in [1.82, 2.24) is 20.2 Å². The monoisotopic (exact) mass is 372 g/mol. The fourth-order valence-electron chi connectivity index (χ4n) is 4.37. The number of morpholine rings is 1. The SMILES string of the molecule is O=C(NC1CCC1)[C@H]1CC[C@H]2OCCN(C(=O)CCc3cnccn3)[C@@H]2C1. The first kappa shape index (κ1) is 18.3. The minimum Gasteiger partial charge on any atom is -0.374 e. The third-order valence-electron chi connectivity index (χ3n) is 6.17. The Hall–Kier alpha value is -2.02. The molecule has 0 bridgehead atoms. The van der Waals surface area contributed by atoms with E-state index in [2.05, 4.69) is 15.3 Å². The Morgan fingerprint density at radius 2 is 2.11 bits per heavy atom. The van der Waals surface area contributed by atoms with Gasteiger partial charge < -0.3 is 15.0 Å². The Balaban J connectivity index is 1.35. The van der Waals surface area contributed by atoms with Crippen molar-refractivity contribution in [3.05, 3.63) is 24.3 Å². The van der Waals surface area contributed by atoms with Crippen LogP contribution >= 0.6 is 0 Å². The predicted octanol–water partition coefficient (Wildman–Crippen LogP) is 1.47. The fraction of sp³-hybridized carbons (Fsp3) is 0.700. The van der Waals surface area contributed by atoms with Gasteiger partial charge in [0.1, 0.15) is 0 Å². The molecule has 1 aromatic rings. The molecule has 4 rings (SSSR count). The van der Waals surface area contributed by atoms with E-state index in [9.17, 15) is 9.59 Å². The molecule has 2 heterocycles. The van der Waals surface area contributed by atoms with E-state index in [-0.39, 0.29) is 29.9 Å². The minimum absolute atomic E-state index is 0.0103. The zero-order valence-corrected chi connectivity index (χ0v) is 15.7. The summed E-state index contributed by atoms with van der Waals surface area (Å²) in [6, 6.07) is 0.376. The summed E-state index contributed by atoms with van der Waals surface area (Å²) < 4.78 is 5.92. The Kier molecular flexibility index (Phi) is 5.66. The summed E-state index contributed by atoms with van der Waals surface area (Å²) in [5, 5.41) is 3.17. The molecule has 0 aromatic carbocycles. The Morgan fingerprint density at radius 1 is 1.22 bits per heavy atom. The summed E-state index contributed by atoms with van der Waals surface area (Å²) in [7, 11) is 0. The van der Waals surface area contributed by atoms with Gasteiger partial charge in [-0.25, -0.2) is 0 Å². The summed E-state index contributed by atoms with van der Waals surface area (Å²) in [4.78, 5) is 35.7. The molecule has 0 spiro atoms. The highest BCUT2D eigenvalue weighted by Crippen LogP contribution is 2.33. The van der Waals surface area contributed by atoms with E-state index in [1.807, 2.05) is 4.90 Å². The average molecular weight is 372 g/mol. The Bertz CT molecular complexity index is 664. The van der Waals surface area contributed by atoms with Crippen molar-refractivity contribution in [2.24, 2.45) is 5.92 Å². The van der Waals surface area contributed by atoms with Crippen LogP contribution in [0.4, 0.5) is 0 Å². The first-order valence-corrected chi connectivity index (χ1v) is 10.2. The topological polar surface area (TPSA) is 84.4 Å². The molecule has 1 N–H and O–H groups in total. The third-order valence-corrected chi connectivity index (χ3v) is 6.17. The number of fused-ring (bicyclic) bond motifs is 1. The number of carbonyl (C=O) groups excluding carboxylic acids is 2. The predicted molar refractivity (Wildman–Crippen MR) is 98.7 cm³/mol. The number of hydrogen-bond acceptors (Lipinski definition) is 5. The molecule has 0 unspecified atom stereocenters. The molecule has 3 atom stereocenters. The van der Waals surface area contributed by atoms with Gasteiger partial charge in [0.25, 0.3) is 0 Å². The van der Waals surface area contributed by atoms with Gasteiger partial charge in [0, 0.05) is 43.5 Å². The molecule has 146 valence electrons. The molecule has 0 radical (unpaired) electrons. The molecule has 27 heavy (non-hydrogen) atoms. The number of rotatable bonds is 5. The maximum atomic E-state index is 12.9. The summed E-state index contributed by atoms with van der Waals surface area (Å²) in [5.74, 6) is 0.276. The van der Waals surface area contributed by atoms with E-state index in [0.29, 0.717) is 38.5 Å². The summed E-state index contributed by atoms with van der Waals surface area (Å²) in [6.07, 6.45) is 11.9. The first-order chi connectivity index (χ1) is 13.2. The lowest BCUT2D eigenvalue weighted by Crippen LogP contribution is -2.57. The van der Waals surface area contributed by atoms with Gasteiger partial charge in [-0.05, 0) is 44.9 Å². The minimum atomic E-state index is -0.0103. The van der Waals surface area contributed by atoms with Crippen LogP contribution in [0.1, 0.15) is 50.6 Å². The second kappa shape index (κ2) is 8.33. The highest BCUT2D eigenvalue weighted by Gasteiger charge is 2.41. The molecule has 2 aliphatic carbocycles. The molecule has 3 aliphatic rings. The van der Waals surface area contributed by atoms with Crippen LogP contribution in [0.25, 0.3) is 0 Å². The van der Waals surface area contributed by atoms with Crippen molar-refractivity contribution in [2.45, 2.75) is 69.6 Å². The van der Waals surface area contributed by atoms with Crippen LogP contribution in [0.3, 0.4) is 0 Å². The van der Waals surface area contributed by atoms with Crippen LogP contribution in [-0.2, 0) is 20.7 Å². The van der Waals surface area contributed by atoms with E-state index < -0.39 is 0 Å². The van der Waals surface area contributed by atoms with Crippen molar-refractivity contribution in [2.75, 3.05) is 13.2 Å². The molecule has 2 amide bonds. The summed E-state index contributed by atoms with van der Waals surface area (Å²) in [6.45, 7) is 1.19. The Morgan fingerprint density at radius 3 is 2.85 bits per heavy atom. The maximum absolute atomic E-state index is 12.9. The Labute approximate surface area is 159 Å². The number of aryl methyl sites for hydroxylation is 1. The molecule has 7 nitrogen and oxygen atoms in total. The van der Waals surface area contributed by atoms with Crippen molar-refractivity contribution < 1.29 is 14.3 Å². The van der Waals surface area contributed by atoms with Crippen LogP contribution in [0.2, 0.25) is 0 Å². The van der Waals surface area contributed by atoms with Gasteiger partial charge in [0.2, 0.25) is 11.8 Å². The zero-order valence-electron chi connectivity index (χ0n) is 15.7. The first-order valence-electron chi connectivity index (χ1n) is 10.2. The largest absolute Gasteiger partial charge is 0.374 e. The van der Waals surface area contributed by atoms with Gasteiger partial charge >= 0.3 is 0 Å². The number of nitrogens with one attached hydrogen (secondary N) is 1. The molecule has 1 aromatic heterocycles. The van der Waals surface area contributed by atoms with E-state index in [4.69, 9.17) is 4.74 Å². The van der Waals surface area contributed by atoms with Gasteiger partial charge in [-0.3, -0.25) is 19.6 Å². The summed E-state index contributed by atoms with van der Waals surface area (Å²) >= 11 is 0. The molecule has 1 saturated heterocycles. The van der Waals surface area contributed by atoms with Crippen molar-refractivity contribution in [3.63, 3.8) is 0 Å². The highest BCUT2D eigenvalue weighted by atomic mass is 16.5. The molecular weight excluding hydrogens is 344 g/mol. The molecule has 3 fully saturated rings. The maximum Gasteiger partial charge on any atom is 0.223 e. The molecular formula is C20H28N4O3. The molecule has 1 aliphatic heterocycles. The number of ether oxygens (including phenoxy) is 1. The normalized spacial score (nSPS) is 28.1. The number of amides is 2. The average Bonchev–Trinajstić information content (AvgIpc) is 2.68. The smallest absolute Gasteiger partial charge is 0.223 e. The van der Waals surface area contributed by atoms with Crippen LogP contribution < -0.4 is 5.32 Å². The number of nitrogens with zero attached hydrogens (tertiary/aromatic N) is 3. The lowest BCUT2D eigenvalue weighted by molar-refractivity contribution is -0.154. The van der Waals surface area contributed by atoms with Gasteiger partial charge in [-0.1, -0.05) is 0 Å². The van der Waals surface area contributed by atoms with Crippen molar-refractivity contribution in [1.29, 1.82) is 0 Å². The van der Waals surface area contributed by atoms with Crippen LogP contribution in [0, 0.1) is 5.92 Å². The van der Waals surface area contributed by atoms with E-state index in [1.165, 1.54) is 6.42 Å². The van der Waals surface area contributed by atoms with Gasteiger partial charge in [0.15, 0.2) is 0 Å². The van der Waals surface area contributed by atoms with Crippen molar-refractivity contribution in [3.8, 4) is 0 Å². The summed E-state index contributed by atoms with van der Waals surface area (Å²) in [5.41, 5.74) is 0.831. The number of aromatic nitrogens is 2. The lowest BCUT2D eigenvalue weighted by Gasteiger charge is -2.46. The highest BCUT2D eigenvalue weighted by molar-refractivity contribution is 5.80. The zero-order chi connectivity index (χ0) is 18.6. The fourth-order valence-corrected chi connectivity index (χ4v) is 4.37. The van der Waals surface area contributed by atoms with E-state index >= 15 is 0 Å². The van der Waals surface area contributed by atoms with Gasteiger partial charge in [-0.15, -0.1) is 0 Å². The second-order valence-corrected chi connectivity index (χ2v) is 7.91. The molecule has 7 heteroatoms. The lowest BCUT2D eigenvalue weighted by atomic mass is 9.81. The standard InChI is InChI=1S/C20H28N4O3/c25-19(7-5-16-13-21-8-9-22-16)24-10-11-27-18-6-4-14(12-17(18)24)20(26)23-15-2-1-3-15/h8-9,13-15,17-18H,1-7,10-12H2,(H,23,26)/t14-,17+,18+/m0/s1.